The van der Waals surface area contributed by atoms with Gasteiger partial charge in [-0.15, -0.1) is 0 Å². The molecule has 1 saturated heterocycles. The van der Waals surface area contributed by atoms with E-state index in [1.165, 1.54) is 4.31 Å². The average Bonchev–Trinajstić information content (AvgIpc) is 2.42. The molecule has 0 bridgehead atoms. The lowest BCUT2D eigenvalue weighted by Gasteiger charge is -2.33. The van der Waals surface area contributed by atoms with Gasteiger partial charge >= 0.3 is 0 Å². The first-order chi connectivity index (χ1) is 9.11. The number of nitrogens with zero attached hydrogens (tertiary/aromatic N) is 1. The molecule has 114 valence electrons. The van der Waals surface area contributed by atoms with Gasteiger partial charge in [-0.2, -0.15) is 17.4 Å². The van der Waals surface area contributed by atoms with E-state index in [1.807, 2.05) is 0 Å². The first-order valence-electron chi connectivity index (χ1n) is 6.56. The minimum atomic E-state index is -3.53. The Morgan fingerprint density at radius 2 is 2.11 bits per heavy atom. The molecule has 1 fully saturated rings. The first-order valence-corrected chi connectivity index (χ1v) is 8.00. The van der Waals surface area contributed by atoms with Crippen LogP contribution >= 0.6 is 0 Å². The van der Waals surface area contributed by atoms with Crippen molar-refractivity contribution in [2.24, 2.45) is 0 Å². The van der Waals surface area contributed by atoms with Crippen molar-refractivity contribution in [1.82, 2.24) is 9.03 Å². The number of methoxy groups -OCH3 is 1. The molecular formula is C11H24N2O5S. The molecule has 0 aliphatic carbocycles. The predicted octanol–water partition coefficient (Wildman–Crippen LogP) is -0.669. The molecule has 0 spiro atoms. The Labute approximate surface area is 115 Å². The molecule has 1 aliphatic heterocycles. The van der Waals surface area contributed by atoms with Gasteiger partial charge in [-0.25, -0.2) is 0 Å². The smallest absolute Gasteiger partial charge is 0.279 e. The zero-order chi connectivity index (χ0) is 14.1. The molecule has 0 aromatic rings. The van der Waals surface area contributed by atoms with Gasteiger partial charge in [0.25, 0.3) is 10.2 Å². The number of aliphatic hydroxyl groups excluding tert-OH is 1. The number of rotatable bonds is 9. The second-order valence-corrected chi connectivity index (χ2v) is 6.16. The third-order valence-corrected chi connectivity index (χ3v) is 4.72. The average molecular weight is 296 g/mol. The monoisotopic (exact) mass is 296 g/mol. The van der Waals surface area contributed by atoms with Gasteiger partial charge in [0.1, 0.15) is 0 Å². The zero-order valence-corrected chi connectivity index (χ0v) is 12.2. The maximum Gasteiger partial charge on any atom is 0.279 e. The summed E-state index contributed by atoms with van der Waals surface area (Å²) in [5, 5.41) is 9.22. The van der Waals surface area contributed by atoms with Crippen LogP contribution in [0.4, 0.5) is 0 Å². The van der Waals surface area contributed by atoms with Crippen LogP contribution < -0.4 is 4.72 Å². The molecule has 7 nitrogen and oxygen atoms in total. The van der Waals surface area contributed by atoms with E-state index in [1.54, 1.807) is 7.11 Å². The number of hydrogen-bond acceptors (Lipinski definition) is 5. The van der Waals surface area contributed by atoms with Crippen LogP contribution in [0.2, 0.25) is 0 Å². The van der Waals surface area contributed by atoms with Crippen LogP contribution in [0.3, 0.4) is 0 Å². The maximum absolute atomic E-state index is 12.1. The topological polar surface area (TPSA) is 88.1 Å². The molecule has 0 aromatic heterocycles. The summed E-state index contributed by atoms with van der Waals surface area (Å²) in [5.74, 6) is 0. The van der Waals surface area contributed by atoms with Crippen LogP contribution in [0.15, 0.2) is 0 Å². The van der Waals surface area contributed by atoms with Gasteiger partial charge in [0.2, 0.25) is 0 Å². The number of ether oxygens (including phenoxy) is 2. The molecule has 1 aliphatic rings. The van der Waals surface area contributed by atoms with Crippen LogP contribution in [-0.4, -0.2) is 70.5 Å². The number of piperidine rings is 1. The molecule has 1 unspecified atom stereocenters. The van der Waals surface area contributed by atoms with E-state index in [0.717, 1.165) is 12.8 Å². The van der Waals surface area contributed by atoms with Crippen LogP contribution in [0, 0.1) is 0 Å². The third kappa shape index (κ3) is 5.72. The Hall–Kier alpha value is -0.250. The van der Waals surface area contributed by atoms with E-state index in [-0.39, 0.29) is 19.2 Å². The van der Waals surface area contributed by atoms with Gasteiger partial charge in [-0.3, -0.25) is 0 Å². The third-order valence-electron chi connectivity index (χ3n) is 3.06. The Balaban J connectivity index is 2.33. The minimum absolute atomic E-state index is 0.134. The Morgan fingerprint density at radius 3 is 2.79 bits per heavy atom. The van der Waals surface area contributed by atoms with E-state index in [4.69, 9.17) is 9.47 Å². The largest absolute Gasteiger partial charge is 0.395 e. The second kappa shape index (κ2) is 8.83. The standard InChI is InChI=1S/C11H24N2O5S/c1-17-8-9-18-7-5-12-19(15,16)13-6-3-2-4-11(13)10-14/h11-12,14H,2-10H2,1H3. The molecule has 0 radical (unpaired) electrons. The predicted molar refractivity (Wildman–Crippen MR) is 71.0 cm³/mol. The molecule has 1 rings (SSSR count). The lowest BCUT2D eigenvalue weighted by atomic mass is 10.1. The lowest BCUT2D eigenvalue weighted by Crippen LogP contribution is -2.50. The highest BCUT2D eigenvalue weighted by Crippen LogP contribution is 2.19. The summed E-state index contributed by atoms with van der Waals surface area (Å²) in [5.41, 5.74) is 0. The van der Waals surface area contributed by atoms with Crippen LogP contribution in [0.5, 0.6) is 0 Å². The highest BCUT2D eigenvalue weighted by molar-refractivity contribution is 7.87. The molecule has 8 heteroatoms. The molecule has 1 atom stereocenters. The van der Waals surface area contributed by atoms with Gasteiger partial charge in [-0.05, 0) is 12.8 Å². The van der Waals surface area contributed by atoms with Crippen molar-refractivity contribution < 1.29 is 23.0 Å². The molecule has 0 amide bonds. The normalized spacial score (nSPS) is 21.7. The molecular weight excluding hydrogens is 272 g/mol. The summed E-state index contributed by atoms with van der Waals surface area (Å²) >= 11 is 0. The molecule has 1 heterocycles. The molecule has 0 saturated carbocycles. The minimum Gasteiger partial charge on any atom is -0.395 e. The maximum atomic E-state index is 12.1. The van der Waals surface area contributed by atoms with Crippen molar-refractivity contribution >= 4 is 10.2 Å². The van der Waals surface area contributed by atoms with Crippen LogP contribution in [0.1, 0.15) is 19.3 Å². The Kier molecular flexibility index (Phi) is 7.81. The number of nitrogens with one attached hydrogen (secondary N) is 1. The van der Waals surface area contributed by atoms with Crippen molar-refractivity contribution in [2.45, 2.75) is 25.3 Å². The summed E-state index contributed by atoms with van der Waals surface area (Å²) < 4.78 is 38.0. The molecule has 2 N–H and O–H groups in total. The number of hydrogen-bond donors (Lipinski definition) is 2. The fourth-order valence-electron chi connectivity index (χ4n) is 2.04. The van der Waals surface area contributed by atoms with Gasteiger partial charge < -0.3 is 14.6 Å². The van der Waals surface area contributed by atoms with E-state index < -0.39 is 10.2 Å². The zero-order valence-electron chi connectivity index (χ0n) is 11.4. The van der Waals surface area contributed by atoms with E-state index in [2.05, 4.69) is 4.72 Å². The van der Waals surface area contributed by atoms with Crippen LogP contribution in [0.25, 0.3) is 0 Å². The lowest BCUT2D eigenvalue weighted by molar-refractivity contribution is 0.0733. The molecule has 0 aromatic carbocycles. The van der Waals surface area contributed by atoms with Crippen molar-refractivity contribution in [2.75, 3.05) is 46.6 Å². The fourth-order valence-corrected chi connectivity index (χ4v) is 3.48. The second-order valence-electron chi connectivity index (χ2n) is 4.45. The SMILES string of the molecule is COCCOCCNS(=O)(=O)N1CCCCC1CO. The van der Waals surface area contributed by atoms with E-state index >= 15 is 0 Å². The summed E-state index contributed by atoms with van der Waals surface area (Å²) in [6.07, 6.45) is 2.50. The van der Waals surface area contributed by atoms with Gasteiger partial charge in [0, 0.05) is 26.2 Å². The summed E-state index contributed by atoms with van der Waals surface area (Å²) in [4.78, 5) is 0. The summed E-state index contributed by atoms with van der Waals surface area (Å²) in [7, 11) is -1.94. The van der Waals surface area contributed by atoms with E-state index in [0.29, 0.717) is 32.8 Å². The fraction of sp³-hybridized carbons (Fsp3) is 1.00. The Bertz CT molecular complexity index is 336. The van der Waals surface area contributed by atoms with Crippen molar-refractivity contribution in [3.63, 3.8) is 0 Å². The first kappa shape index (κ1) is 16.8. The van der Waals surface area contributed by atoms with Crippen molar-refractivity contribution in [1.29, 1.82) is 0 Å². The molecule has 19 heavy (non-hydrogen) atoms. The highest BCUT2D eigenvalue weighted by atomic mass is 32.2. The Morgan fingerprint density at radius 1 is 1.32 bits per heavy atom. The quantitative estimate of drug-likeness (QED) is 0.551. The summed E-state index contributed by atoms with van der Waals surface area (Å²) in [6.45, 7) is 1.80. The van der Waals surface area contributed by atoms with Gasteiger partial charge in [0.05, 0.1) is 26.4 Å². The summed E-state index contributed by atoms with van der Waals surface area (Å²) in [6, 6.07) is -0.305. The van der Waals surface area contributed by atoms with E-state index in [9.17, 15) is 13.5 Å². The number of aliphatic hydroxyl groups is 1. The van der Waals surface area contributed by atoms with Gasteiger partial charge in [-0.1, -0.05) is 6.42 Å². The van der Waals surface area contributed by atoms with Crippen molar-refractivity contribution in [3.05, 3.63) is 0 Å². The highest BCUT2D eigenvalue weighted by Gasteiger charge is 2.31. The van der Waals surface area contributed by atoms with Gasteiger partial charge in [0.15, 0.2) is 0 Å². The van der Waals surface area contributed by atoms with Crippen LogP contribution in [-0.2, 0) is 19.7 Å². The van der Waals surface area contributed by atoms with Crippen molar-refractivity contribution in [3.8, 4) is 0 Å².